The standard InChI is InChI=1S/C12H20N4O/c1-4-10-11(7-16(3)15-10)14-12(17)8(2)9-5-13-6-9/h7-9,13H,4-6H2,1-3H3,(H,14,17). The van der Waals surface area contributed by atoms with Gasteiger partial charge in [0.2, 0.25) is 5.91 Å². The Bertz CT molecular complexity index is 409. The monoisotopic (exact) mass is 236 g/mol. The number of amides is 1. The van der Waals surface area contributed by atoms with E-state index in [0.29, 0.717) is 5.92 Å². The number of nitrogens with one attached hydrogen (secondary N) is 2. The molecule has 1 aliphatic rings. The Labute approximate surface area is 102 Å². The number of aryl methyl sites for hydroxylation is 2. The number of anilines is 1. The molecule has 17 heavy (non-hydrogen) atoms. The molecular weight excluding hydrogens is 216 g/mol. The van der Waals surface area contributed by atoms with E-state index in [1.807, 2.05) is 27.1 Å². The first kappa shape index (κ1) is 12.1. The minimum Gasteiger partial charge on any atom is -0.323 e. The topological polar surface area (TPSA) is 59.0 Å². The van der Waals surface area contributed by atoms with Crippen LogP contribution in [0.2, 0.25) is 0 Å². The molecule has 1 atom stereocenters. The maximum absolute atomic E-state index is 12.0. The molecule has 2 rings (SSSR count). The third-order valence-corrected chi connectivity index (χ3v) is 3.43. The Kier molecular flexibility index (Phi) is 3.47. The number of hydrogen-bond acceptors (Lipinski definition) is 3. The number of carbonyl (C=O) groups excluding carboxylic acids is 1. The van der Waals surface area contributed by atoms with Gasteiger partial charge in [0, 0.05) is 19.2 Å². The number of rotatable bonds is 4. The van der Waals surface area contributed by atoms with Gasteiger partial charge >= 0.3 is 0 Å². The fourth-order valence-corrected chi connectivity index (χ4v) is 2.03. The summed E-state index contributed by atoms with van der Waals surface area (Å²) >= 11 is 0. The number of hydrogen-bond donors (Lipinski definition) is 2. The van der Waals surface area contributed by atoms with E-state index in [0.717, 1.165) is 30.9 Å². The van der Waals surface area contributed by atoms with Crippen molar-refractivity contribution >= 4 is 11.6 Å². The molecule has 2 heterocycles. The highest BCUT2D eigenvalue weighted by molar-refractivity contribution is 5.93. The van der Waals surface area contributed by atoms with Crippen molar-refractivity contribution in [2.24, 2.45) is 18.9 Å². The van der Waals surface area contributed by atoms with Crippen LogP contribution in [0.5, 0.6) is 0 Å². The second-order valence-electron chi connectivity index (χ2n) is 4.71. The first-order valence-electron chi connectivity index (χ1n) is 6.16. The van der Waals surface area contributed by atoms with Crippen LogP contribution in [-0.4, -0.2) is 28.8 Å². The molecule has 2 N–H and O–H groups in total. The highest BCUT2D eigenvalue weighted by atomic mass is 16.1. The Morgan fingerprint density at radius 3 is 2.94 bits per heavy atom. The van der Waals surface area contributed by atoms with Crippen molar-refractivity contribution in [2.75, 3.05) is 18.4 Å². The van der Waals surface area contributed by atoms with E-state index in [9.17, 15) is 4.79 Å². The highest BCUT2D eigenvalue weighted by Crippen LogP contribution is 2.20. The first-order chi connectivity index (χ1) is 8.11. The molecule has 5 nitrogen and oxygen atoms in total. The average Bonchev–Trinajstić information content (AvgIpc) is 2.56. The number of aromatic nitrogens is 2. The van der Waals surface area contributed by atoms with E-state index in [2.05, 4.69) is 15.7 Å². The summed E-state index contributed by atoms with van der Waals surface area (Å²) in [6, 6.07) is 0. The van der Waals surface area contributed by atoms with Crippen LogP contribution < -0.4 is 10.6 Å². The lowest BCUT2D eigenvalue weighted by atomic mass is 9.88. The molecule has 1 saturated heterocycles. The van der Waals surface area contributed by atoms with Crippen molar-refractivity contribution in [1.82, 2.24) is 15.1 Å². The lowest BCUT2D eigenvalue weighted by Crippen LogP contribution is -2.48. The average molecular weight is 236 g/mol. The molecule has 1 aromatic rings. The van der Waals surface area contributed by atoms with Gasteiger partial charge in [0.25, 0.3) is 0 Å². The predicted molar refractivity (Wildman–Crippen MR) is 66.7 cm³/mol. The van der Waals surface area contributed by atoms with Crippen LogP contribution in [0.4, 0.5) is 5.69 Å². The van der Waals surface area contributed by atoms with Crippen molar-refractivity contribution in [3.63, 3.8) is 0 Å². The first-order valence-corrected chi connectivity index (χ1v) is 6.16. The van der Waals surface area contributed by atoms with Gasteiger partial charge in [0.1, 0.15) is 0 Å². The predicted octanol–water partition coefficient (Wildman–Crippen LogP) is 0.776. The zero-order valence-electron chi connectivity index (χ0n) is 10.7. The molecular formula is C12H20N4O. The maximum atomic E-state index is 12.0. The quantitative estimate of drug-likeness (QED) is 0.812. The van der Waals surface area contributed by atoms with Crippen LogP contribution in [-0.2, 0) is 18.3 Å². The molecule has 0 bridgehead atoms. The van der Waals surface area contributed by atoms with E-state index >= 15 is 0 Å². The molecule has 1 unspecified atom stereocenters. The molecule has 1 fully saturated rings. The third-order valence-electron chi connectivity index (χ3n) is 3.43. The van der Waals surface area contributed by atoms with Gasteiger partial charge in [-0.2, -0.15) is 5.10 Å². The summed E-state index contributed by atoms with van der Waals surface area (Å²) in [6.45, 7) is 5.92. The van der Waals surface area contributed by atoms with E-state index in [-0.39, 0.29) is 11.8 Å². The zero-order valence-corrected chi connectivity index (χ0v) is 10.7. The molecule has 1 aromatic heterocycles. The lowest BCUT2D eigenvalue weighted by molar-refractivity contribution is -0.121. The van der Waals surface area contributed by atoms with Crippen molar-refractivity contribution < 1.29 is 4.79 Å². The van der Waals surface area contributed by atoms with E-state index in [1.54, 1.807) is 4.68 Å². The Balaban J connectivity index is 2.01. The van der Waals surface area contributed by atoms with Gasteiger partial charge in [0.15, 0.2) is 0 Å². The SMILES string of the molecule is CCc1nn(C)cc1NC(=O)C(C)C1CNC1. The van der Waals surface area contributed by atoms with Crippen LogP contribution in [0.25, 0.3) is 0 Å². The molecule has 0 aliphatic carbocycles. The van der Waals surface area contributed by atoms with Crippen molar-refractivity contribution in [3.05, 3.63) is 11.9 Å². The van der Waals surface area contributed by atoms with Crippen LogP contribution in [0.1, 0.15) is 19.5 Å². The molecule has 94 valence electrons. The fraction of sp³-hybridized carbons (Fsp3) is 0.667. The summed E-state index contributed by atoms with van der Waals surface area (Å²) in [5.74, 6) is 0.622. The number of nitrogens with zero attached hydrogens (tertiary/aromatic N) is 2. The van der Waals surface area contributed by atoms with Crippen LogP contribution in [0, 0.1) is 11.8 Å². The van der Waals surface area contributed by atoms with Gasteiger partial charge in [-0.25, -0.2) is 0 Å². The minimum absolute atomic E-state index is 0.0566. The van der Waals surface area contributed by atoms with Crippen LogP contribution in [0.3, 0.4) is 0 Å². The summed E-state index contributed by atoms with van der Waals surface area (Å²) in [5.41, 5.74) is 1.79. The minimum atomic E-state index is 0.0566. The largest absolute Gasteiger partial charge is 0.323 e. The molecule has 0 radical (unpaired) electrons. The van der Waals surface area contributed by atoms with Crippen molar-refractivity contribution in [3.8, 4) is 0 Å². The number of carbonyl (C=O) groups is 1. The summed E-state index contributed by atoms with van der Waals surface area (Å²) in [7, 11) is 1.87. The van der Waals surface area contributed by atoms with Crippen LogP contribution >= 0.6 is 0 Å². The third kappa shape index (κ3) is 2.49. The van der Waals surface area contributed by atoms with E-state index in [1.165, 1.54) is 0 Å². The van der Waals surface area contributed by atoms with E-state index < -0.39 is 0 Å². The second kappa shape index (κ2) is 4.87. The molecule has 1 aliphatic heterocycles. The molecule has 0 saturated carbocycles. The smallest absolute Gasteiger partial charge is 0.227 e. The lowest BCUT2D eigenvalue weighted by Gasteiger charge is -2.31. The summed E-state index contributed by atoms with van der Waals surface area (Å²) in [6.07, 6.45) is 2.69. The zero-order chi connectivity index (χ0) is 12.4. The molecule has 0 spiro atoms. The van der Waals surface area contributed by atoms with Gasteiger partial charge in [-0.3, -0.25) is 9.48 Å². The highest BCUT2D eigenvalue weighted by Gasteiger charge is 2.29. The summed E-state index contributed by atoms with van der Waals surface area (Å²) in [5, 5.41) is 10.5. The Morgan fingerprint density at radius 1 is 1.71 bits per heavy atom. The fourth-order valence-electron chi connectivity index (χ4n) is 2.03. The van der Waals surface area contributed by atoms with Crippen molar-refractivity contribution in [1.29, 1.82) is 0 Å². The van der Waals surface area contributed by atoms with Gasteiger partial charge in [-0.05, 0) is 25.4 Å². The summed E-state index contributed by atoms with van der Waals surface area (Å²) in [4.78, 5) is 12.0. The second-order valence-corrected chi connectivity index (χ2v) is 4.71. The van der Waals surface area contributed by atoms with Gasteiger partial charge < -0.3 is 10.6 Å². The van der Waals surface area contributed by atoms with Crippen molar-refractivity contribution in [2.45, 2.75) is 20.3 Å². The van der Waals surface area contributed by atoms with Gasteiger partial charge in [-0.15, -0.1) is 0 Å². The van der Waals surface area contributed by atoms with Gasteiger partial charge in [-0.1, -0.05) is 13.8 Å². The normalized spacial score (nSPS) is 17.6. The Morgan fingerprint density at radius 2 is 2.41 bits per heavy atom. The maximum Gasteiger partial charge on any atom is 0.227 e. The van der Waals surface area contributed by atoms with E-state index in [4.69, 9.17) is 0 Å². The van der Waals surface area contributed by atoms with Crippen LogP contribution in [0.15, 0.2) is 6.20 Å². The molecule has 5 heteroatoms. The molecule has 0 aromatic carbocycles. The van der Waals surface area contributed by atoms with Gasteiger partial charge in [0.05, 0.1) is 11.4 Å². The summed E-state index contributed by atoms with van der Waals surface area (Å²) < 4.78 is 1.74. The molecule has 1 amide bonds. The Hall–Kier alpha value is -1.36.